The van der Waals surface area contributed by atoms with Gasteiger partial charge in [0.25, 0.3) is 5.91 Å². The molecule has 8 rings (SSSR count). The average Bonchev–Trinajstić information content (AvgIpc) is 3.54. The normalized spacial score (nSPS) is 13.8. The molecule has 0 atom stereocenters. The molecule has 5 nitrogen and oxygen atoms in total. The maximum absolute atomic E-state index is 13.0. The number of carboxylic acid groups (broad SMARTS) is 1. The Hall–Kier alpha value is -7.06. The number of anilines is 3. The summed E-state index contributed by atoms with van der Waals surface area (Å²) in [6, 6.07) is 63.4. The number of benzene rings is 7. The van der Waals surface area contributed by atoms with E-state index in [0.717, 1.165) is 83.8 Å². The summed E-state index contributed by atoms with van der Waals surface area (Å²) in [5.41, 5.74) is 15.1. The van der Waals surface area contributed by atoms with Crippen LogP contribution in [0.1, 0.15) is 50.1 Å². The standard InChI is InChI=1S/C54H42N2O3S2/c1-37-13-23-44(24-14-37)49(42-9-5-3-6-10-42)33-39-17-27-46(28-18-39)56(48-31-21-41(22-32-48)35-51-53(59)55(36-52(57)58)54(60)61-51)47-29-19-40(20-30-47)34-50(43-11-7-4-8-12-43)45-25-15-38(2)16-26-45/h3-35H,36H2,1-2H3,(H,57,58). The first kappa shape index (κ1) is 40.7. The first-order valence-corrected chi connectivity index (χ1v) is 21.2. The highest BCUT2D eigenvalue weighted by Crippen LogP contribution is 2.38. The molecular formula is C54H42N2O3S2. The zero-order chi connectivity index (χ0) is 42.3. The Morgan fingerprint density at radius 1 is 0.557 bits per heavy atom. The summed E-state index contributed by atoms with van der Waals surface area (Å²) >= 11 is 6.43. The fourth-order valence-electron chi connectivity index (χ4n) is 7.23. The summed E-state index contributed by atoms with van der Waals surface area (Å²) in [5, 5.41) is 9.28. The summed E-state index contributed by atoms with van der Waals surface area (Å²) in [5.74, 6) is -1.51. The number of hydrogen-bond acceptors (Lipinski definition) is 5. The number of aryl methyl sites for hydroxylation is 2. The van der Waals surface area contributed by atoms with E-state index in [1.807, 2.05) is 36.4 Å². The van der Waals surface area contributed by atoms with Crippen LogP contribution in [0.2, 0.25) is 0 Å². The van der Waals surface area contributed by atoms with Crippen molar-refractivity contribution in [2.45, 2.75) is 13.8 Å². The summed E-state index contributed by atoms with van der Waals surface area (Å²) < 4.78 is 0.238. The zero-order valence-electron chi connectivity index (χ0n) is 33.7. The lowest BCUT2D eigenvalue weighted by molar-refractivity contribution is -0.140. The summed E-state index contributed by atoms with van der Waals surface area (Å²) in [6.07, 6.45) is 6.23. The Morgan fingerprint density at radius 2 is 0.934 bits per heavy atom. The SMILES string of the molecule is Cc1ccc(C(=Cc2ccc(N(c3ccc(C=C4SC(=S)N(CC(=O)O)C4=O)cc3)c3ccc(C=C(c4ccccc4)c4ccc(C)cc4)cc3)cc2)c2ccccc2)cc1. The van der Waals surface area contributed by atoms with Gasteiger partial charge in [0.05, 0.1) is 4.91 Å². The van der Waals surface area contributed by atoms with Crippen molar-refractivity contribution in [1.82, 2.24) is 4.90 Å². The van der Waals surface area contributed by atoms with E-state index in [4.69, 9.17) is 12.2 Å². The van der Waals surface area contributed by atoms with E-state index >= 15 is 0 Å². The number of aliphatic carboxylic acids is 1. The summed E-state index contributed by atoms with van der Waals surface area (Å²) in [6.45, 7) is 3.74. The van der Waals surface area contributed by atoms with Gasteiger partial charge in [-0.3, -0.25) is 14.5 Å². The number of hydrogen-bond donors (Lipinski definition) is 1. The molecule has 7 aromatic rings. The van der Waals surface area contributed by atoms with Crippen LogP contribution in [0.5, 0.6) is 0 Å². The molecule has 0 aromatic heterocycles. The van der Waals surface area contributed by atoms with Gasteiger partial charge in [0, 0.05) is 17.1 Å². The zero-order valence-corrected chi connectivity index (χ0v) is 35.4. The van der Waals surface area contributed by atoms with Crippen LogP contribution in [0.15, 0.2) is 187 Å². The first-order chi connectivity index (χ1) is 29.7. The molecule has 1 heterocycles. The van der Waals surface area contributed by atoms with Gasteiger partial charge in [0.1, 0.15) is 10.9 Å². The highest BCUT2D eigenvalue weighted by atomic mass is 32.2. The van der Waals surface area contributed by atoms with Gasteiger partial charge in [-0.2, -0.15) is 0 Å². The van der Waals surface area contributed by atoms with Crippen molar-refractivity contribution in [3.05, 3.63) is 237 Å². The molecule has 1 aliphatic heterocycles. The number of amides is 1. The largest absolute Gasteiger partial charge is 0.480 e. The highest BCUT2D eigenvalue weighted by molar-refractivity contribution is 8.26. The van der Waals surface area contributed by atoms with Gasteiger partial charge in [0.2, 0.25) is 0 Å². The second kappa shape index (κ2) is 18.5. The fourth-order valence-corrected chi connectivity index (χ4v) is 8.49. The van der Waals surface area contributed by atoms with Crippen LogP contribution in [0.4, 0.5) is 17.1 Å². The van der Waals surface area contributed by atoms with E-state index in [2.05, 4.69) is 176 Å². The lowest BCUT2D eigenvalue weighted by atomic mass is 9.95. The van der Waals surface area contributed by atoms with Gasteiger partial charge < -0.3 is 10.0 Å². The molecule has 0 spiro atoms. The Kier molecular flexibility index (Phi) is 12.3. The number of thioether (sulfide) groups is 1. The number of nitrogens with zero attached hydrogens (tertiary/aromatic N) is 2. The molecule has 7 heteroatoms. The van der Waals surface area contributed by atoms with Crippen LogP contribution in [0, 0.1) is 13.8 Å². The molecule has 1 fully saturated rings. The number of thiocarbonyl (C=S) groups is 1. The van der Waals surface area contributed by atoms with E-state index in [0.29, 0.717) is 4.91 Å². The molecule has 298 valence electrons. The van der Waals surface area contributed by atoms with E-state index in [1.165, 1.54) is 11.1 Å². The molecule has 0 bridgehead atoms. The van der Waals surface area contributed by atoms with Crippen LogP contribution < -0.4 is 4.90 Å². The smallest absolute Gasteiger partial charge is 0.323 e. The van der Waals surface area contributed by atoms with Crippen molar-refractivity contribution in [3.63, 3.8) is 0 Å². The molecule has 61 heavy (non-hydrogen) atoms. The quantitative estimate of drug-likeness (QED) is 0.0752. The van der Waals surface area contributed by atoms with Crippen LogP contribution >= 0.6 is 24.0 Å². The number of carboxylic acids is 1. The van der Waals surface area contributed by atoms with E-state index in [1.54, 1.807) is 6.08 Å². The molecule has 0 radical (unpaired) electrons. The second-order valence-electron chi connectivity index (χ2n) is 14.9. The van der Waals surface area contributed by atoms with Crippen LogP contribution in [-0.2, 0) is 9.59 Å². The summed E-state index contributed by atoms with van der Waals surface area (Å²) in [7, 11) is 0. The lowest BCUT2D eigenvalue weighted by Crippen LogP contribution is -2.33. The van der Waals surface area contributed by atoms with E-state index < -0.39 is 18.4 Å². The average molecular weight is 831 g/mol. The van der Waals surface area contributed by atoms with Gasteiger partial charge in [-0.25, -0.2) is 0 Å². The van der Waals surface area contributed by atoms with Crippen LogP contribution in [-0.4, -0.2) is 32.7 Å². The molecule has 1 N–H and O–H groups in total. The molecule has 0 aliphatic carbocycles. The monoisotopic (exact) mass is 830 g/mol. The van der Waals surface area contributed by atoms with Crippen molar-refractivity contribution >= 4 is 86.6 Å². The van der Waals surface area contributed by atoms with Crippen molar-refractivity contribution in [2.24, 2.45) is 0 Å². The predicted molar refractivity (Wildman–Crippen MR) is 258 cm³/mol. The molecule has 7 aromatic carbocycles. The van der Waals surface area contributed by atoms with Gasteiger partial charge in [0.15, 0.2) is 0 Å². The minimum absolute atomic E-state index is 0.238. The number of carbonyl (C=O) groups excluding carboxylic acids is 1. The van der Waals surface area contributed by atoms with Crippen molar-refractivity contribution in [1.29, 1.82) is 0 Å². The van der Waals surface area contributed by atoms with Gasteiger partial charge in [-0.15, -0.1) is 0 Å². The Balaban J connectivity index is 1.16. The van der Waals surface area contributed by atoms with Crippen molar-refractivity contribution in [3.8, 4) is 0 Å². The van der Waals surface area contributed by atoms with E-state index in [-0.39, 0.29) is 4.32 Å². The van der Waals surface area contributed by atoms with Crippen molar-refractivity contribution in [2.75, 3.05) is 11.4 Å². The first-order valence-electron chi connectivity index (χ1n) is 19.9. The van der Waals surface area contributed by atoms with Crippen LogP contribution in [0.25, 0.3) is 29.4 Å². The number of rotatable bonds is 12. The minimum Gasteiger partial charge on any atom is -0.480 e. The maximum atomic E-state index is 13.0. The third-order valence-corrected chi connectivity index (χ3v) is 11.8. The third kappa shape index (κ3) is 9.71. The highest BCUT2D eigenvalue weighted by Gasteiger charge is 2.33. The predicted octanol–water partition coefficient (Wildman–Crippen LogP) is 13.2. The lowest BCUT2D eigenvalue weighted by Gasteiger charge is -2.26. The third-order valence-electron chi connectivity index (χ3n) is 10.4. The molecule has 0 saturated carbocycles. The summed E-state index contributed by atoms with van der Waals surface area (Å²) in [4.78, 5) is 28.1. The topological polar surface area (TPSA) is 60.9 Å². The number of carbonyl (C=O) groups is 2. The molecule has 1 amide bonds. The Labute approximate surface area is 366 Å². The van der Waals surface area contributed by atoms with Crippen molar-refractivity contribution < 1.29 is 14.7 Å². The molecular weight excluding hydrogens is 789 g/mol. The fraction of sp³-hybridized carbons (Fsp3) is 0.0556. The molecule has 0 unspecified atom stereocenters. The Morgan fingerprint density at radius 3 is 1.33 bits per heavy atom. The second-order valence-corrected chi connectivity index (χ2v) is 16.5. The van der Waals surface area contributed by atoms with Gasteiger partial charge in [-0.1, -0.05) is 181 Å². The van der Waals surface area contributed by atoms with Crippen LogP contribution in [0.3, 0.4) is 0 Å². The molecule has 1 aliphatic rings. The van der Waals surface area contributed by atoms with Gasteiger partial charge in [-0.05, 0) is 119 Å². The maximum Gasteiger partial charge on any atom is 0.323 e. The molecule has 1 saturated heterocycles. The van der Waals surface area contributed by atoms with Gasteiger partial charge >= 0.3 is 5.97 Å². The van der Waals surface area contributed by atoms with E-state index in [9.17, 15) is 14.7 Å². The minimum atomic E-state index is -1.11. The Bertz CT molecular complexity index is 2640.